The number of hydrogen-bond donors (Lipinski definition) is 0. The molecule has 0 spiro atoms. The Hall–Kier alpha value is -3.52. The Bertz CT molecular complexity index is 1240. The van der Waals surface area contributed by atoms with Gasteiger partial charge in [-0.1, -0.05) is 66.7 Å². The van der Waals surface area contributed by atoms with Crippen molar-refractivity contribution in [2.75, 3.05) is 11.9 Å². The van der Waals surface area contributed by atoms with Crippen molar-refractivity contribution in [1.29, 1.82) is 0 Å². The smallest absolute Gasteiger partial charge is 0.0544 e. The minimum atomic E-state index is 0.871. The van der Waals surface area contributed by atoms with Gasteiger partial charge < -0.3 is 9.47 Å². The van der Waals surface area contributed by atoms with Crippen LogP contribution in [0, 0.1) is 0 Å². The molecule has 0 aliphatic rings. The first-order valence-electron chi connectivity index (χ1n) is 9.65. The molecule has 0 N–H and O–H groups in total. The standard InChI is InChI=1S/C26H22N2/c1-27(21-10-4-2-5-11-21)19-20-16-17-24-23-14-8-9-15-25(23)28(26(24)18-20)22-12-6-3-7-13-22/h2-18H,19H2,1H3. The lowest BCUT2D eigenvalue weighted by atomic mass is 10.1. The number of hydrogen-bond acceptors (Lipinski definition) is 1. The summed E-state index contributed by atoms with van der Waals surface area (Å²) in [5, 5.41) is 2.59. The third-order valence-corrected chi connectivity index (χ3v) is 5.37. The van der Waals surface area contributed by atoms with E-state index in [1.165, 1.54) is 38.7 Å². The summed E-state index contributed by atoms with van der Waals surface area (Å²) in [6.45, 7) is 0.871. The lowest BCUT2D eigenvalue weighted by molar-refractivity contribution is 0.924. The molecular formula is C26H22N2. The van der Waals surface area contributed by atoms with E-state index in [9.17, 15) is 0 Å². The summed E-state index contributed by atoms with van der Waals surface area (Å²) < 4.78 is 2.37. The Morgan fingerprint density at radius 1 is 0.643 bits per heavy atom. The Kier molecular flexibility index (Phi) is 4.10. The van der Waals surface area contributed by atoms with Crippen molar-refractivity contribution in [1.82, 2.24) is 4.57 Å². The van der Waals surface area contributed by atoms with Crippen LogP contribution in [-0.4, -0.2) is 11.6 Å². The lowest BCUT2D eigenvalue weighted by Crippen LogP contribution is -2.16. The average molecular weight is 362 g/mol. The van der Waals surface area contributed by atoms with Gasteiger partial charge in [-0.2, -0.15) is 0 Å². The second-order valence-corrected chi connectivity index (χ2v) is 7.23. The predicted octanol–water partition coefficient (Wildman–Crippen LogP) is 6.42. The van der Waals surface area contributed by atoms with Crippen molar-refractivity contribution < 1.29 is 0 Å². The van der Waals surface area contributed by atoms with E-state index in [0.29, 0.717) is 0 Å². The van der Waals surface area contributed by atoms with Crippen LogP contribution in [0.25, 0.3) is 27.5 Å². The molecule has 0 saturated carbocycles. The number of aromatic nitrogens is 1. The zero-order valence-corrected chi connectivity index (χ0v) is 15.9. The van der Waals surface area contributed by atoms with E-state index in [1.54, 1.807) is 0 Å². The number of benzene rings is 4. The van der Waals surface area contributed by atoms with E-state index in [2.05, 4.69) is 120 Å². The molecule has 0 saturated heterocycles. The van der Waals surface area contributed by atoms with E-state index in [-0.39, 0.29) is 0 Å². The van der Waals surface area contributed by atoms with Crippen LogP contribution in [0.3, 0.4) is 0 Å². The molecule has 2 nitrogen and oxygen atoms in total. The number of rotatable bonds is 4. The highest BCUT2D eigenvalue weighted by Gasteiger charge is 2.12. The molecule has 5 rings (SSSR count). The van der Waals surface area contributed by atoms with E-state index < -0.39 is 0 Å². The fraction of sp³-hybridized carbons (Fsp3) is 0.0769. The van der Waals surface area contributed by atoms with Crippen LogP contribution in [-0.2, 0) is 6.54 Å². The van der Waals surface area contributed by atoms with E-state index in [4.69, 9.17) is 0 Å². The number of fused-ring (bicyclic) bond motifs is 3. The average Bonchev–Trinajstić information content (AvgIpc) is 3.08. The van der Waals surface area contributed by atoms with Crippen LogP contribution in [0.15, 0.2) is 103 Å². The predicted molar refractivity (Wildman–Crippen MR) is 119 cm³/mol. The number of anilines is 1. The topological polar surface area (TPSA) is 8.17 Å². The molecule has 28 heavy (non-hydrogen) atoms. The van der Waals surface area contributed by atoms with Gasteiger partial charge in [-0.05, 0) is 42.0 Å². The van der Waals surface area contributed by atoms with Crippen molar-refractivity contribution >= 4 is 27.5 Å². The molecule has 1 heterocycles. The minimum absolute atomic E-state index is 0.871. The fourth-order valence-corrected chi connectivity index (χ4v) is 4.02. The van der Waals surface area contributed by atoms with E-state index in [1.807, 2.05) is 0 Å². The molecule has 0 atom stereocenters. The molecule has 1 aromatic heterocycles. The summed E-state index contributed by atoms with van der Waals surface area (Å²) in [5.41, 5.74) is 6.23. The van der Waals surface area contributed by atoms with Crippen LogP contribution in [0.4, 0.5) is 5.69 Å². The zero-order chi connectivity index (χ0) is 18.9. The molecule has 4 aromatic carbocycles. The Morgan fingerprint density at radius 3 is 2.07 bits per heavy atom. The van der Waals surface area contributed by atoms with Gasteiger partial charge in [0.1, 0.15) is 0 Å². The van der Waals surface area contributed by atoms with Gasteiger partial charge in [-0.15, -0.1) is 0 Å². The summed E-state index contributed by atoms with van der Waals surface area (Å²) in [7, 11) is 2.15. The van der Waals surface area contributed by atoms with Gasteiger partial charge in [-0.3, -0.25) is 0 Å². The van der Waals surface area contributed by atoms with Crippen molar-refractivity contribution in [3.05, 3.63) is 109 Å². The third kappa shape index (κ3) is 2.84. The van der Waals surface area contributed by atoms with Crippen molar-refractivity contribution in [3.8, 4) is 5.69 Å². The molecule has 136 valence electrons. The molecule has 0 fully saturated rings. The normalized spacial score (nSPS) is 11.2. The first kappa shape index (κ1) is 16.6. The number of nitrogens with zero attached hydrogens (tertiary/aromatic N) is 2. The van der Waals surface area contributed by atoms with Crippen LogP contribution in [0.1, 0.15) is 5.56 Å². The zero-order valence-electron chi connectivity index (χ0n) is 15.9. The summed E-state index contributed by atoms with van der Waals surface area (Å²) in [4.78, 5) is 2.29. The molecule has 0 bridgehead atoms. The van der Waals surface area contributed by atoms with Crippen molar-refractivity contribution in [2.24, 2.45) is 0 Å². The third-order valence-electron chi connectivity index (χ3n) is 5.37. The van der Waals surface area contributed by atoms with Crippen LogP contribution in [0.5, 0.6) is 0 Å². The second-order valence-electron chi connectivity index (χ2n) is 7.23. The Morgan fingerprint density at radius 2 is 1.29 bits per heavy atom. The lowest BCUT2D eigenvalue weighted by Gasteiger charge is -2.19. The van der Waals surface area contributed by atoms with Crippen LogP contribution < -0.4 is 4.90 Å². The highest BCUT2D eigenvalue weighted by Crippen LogP contribution is 2.32. The SMILES string of the molecule is CN(Cc1ccc2c3ccccc3n(-c3ccccc3)c2c1)c1ccccc1. The quantitative estimate of drug-likeness (QED) is 0.358. The van der Waals surface area contributed by atoms with Gasteiger partial charge >= 0.3 is 0 Å². The van der Waals surface area contributed by atoms with E-state index in [0.717, 1.165) is 6.54 Å². The molecule has 0 aliphatic heterocycles. The van der Waals surface area contributed by atoms with Gasteiger partial charge in [0.05, 0.1) is 11.0 Å². The minimum Gasteiger partial charge on any atom is -0.370 e. The summed E-state index contributed by atoms with van der Waals surface area (Å²) in [5.74, 6) is 0. The van der Waals surface area contributed by atoms with Crippen molar-refractivity contribution in [3.63, 3.8) is 0 Å². The van der Waals surface area contributed by atoms with Gasteiger partial charge in [0, 0.05) is 35.7 Å². The fourth-order valence-electron chi connectivity index (χ4n) is 4.02. The van der Waals surface area contributed by atoms with Crippen molar-refractivity contribution in [2.45, 2.75) is 6.54 Å². The molecule has 0 unspecified atom stereocenters. The highest BCUT2D eigenvalue weighted by molar-refractivity contribution is 6.09. The summed E-state index contributed by atoms with van der Waals surface area (Å²) in [6, 6.07) is 36.7. The second kappa shape index (κ2) is 6.90. The largest absolute Gasteiger partial charge is 0.370 e. The molecule has 0 amide bonds. The summed E-state index contributed by atoms with van der Waals surface area (Å²) in [6.07, 6.45) is 0. The van der Waals surface area contributed by atoms with Crippen LogP contribution in [0.2, 0.25) is 0 Å². The van der Waals surface area contributed by atoms with Crippen LogP contribution >= 0.6 is 0 Å². The molecule has 0 radical (unpaired) electrons. The van der Waals surface area contributed by atoms with Gasteiger partial charge in [-0.25, -0.2) is 0 Å². The summed E-state index contributed by atoms with van der Waals surface area (Å²) >= 11 is 0. The maximum Gasteiger partial charge on any atom is 0.0544 e. The molecular weight excluding hydrogens is 340 g/mol. The van der Waals surface area contributed by atoms with E-state index >= 15 is 0 Å². The molecule has 0 aliphatic carbocycles. The number of para-hydroxylation sites is 3. The van der Waals surface area contributed by atoms with Gasteiger partial charge in [0.15, 0.2) is 0 Å². The molecule has 5 aromatic rings. The highest BCUT2D eigenvalue weighted by atomic mass is 15.1. The molecule has 2 heteroatoms. The first-order chi connectivity index (χ1) is 13.8. The van der Waals surface area contributed by atoms with Gasteiger partial charge in [0.25, 0.3) is 0 Å². The Labute approximate surface area is 165 Å². The first-order valence-corrected chi connectivity index (χ1v) is 9.65. The Balaban J connectivity index is 1.66. The van der Waals surface area contributed by atoms with Gasteiger partial charge in [0.2, 0.25) is 0 Å². The maximum atomic E-state index is 2.37. The monoisotopic (exact) mass is 362 g/mol. The maximum absolute atomic E-state index is 2.37.